The number of likely N-dealkylation sites (tertiary alicyclic amines) is 1. The molecule has 2 unspecified atom stereocenters. The Morgan fingerprint density at radius 2 is 2.12 bits per heavy atom. The molecule has 3 heteroatoms. The molecule has 0 radical (unpaired) electrons. The smallest absolute Gasteiger partial charge is 0.0710 e. The fourth-order valence-electron chi connectivity index (χ4n) is 2.56. The second kappa shape index (κ2) is 8.06. The molecule has 0 aromatic rings. The van der Waals surface area contributed by atoms with E-state index >= 15 is 0 Å². The van der Waals surface area contributed by atoms with E-state index in [1.807, 2.05) is 7.11 Å². The van der Waals surface area contributed by atoms with Crippen LogP contribution in [-0.2, 0) is 4.74 Å². The molecular weight excluding hydrogens is 212 g/mol. The maximum absolute atomic E-state index is 5.45. The maximum atomic E-state index is 5.45. The van der Waals surface area contributed by atoms with Crippen LogP contribution in [0.3, 0.4) is 0 Å². The number of hydrogen-bond acceptors (Lipinski definition) is 3. The van der Waals surface area contributed by atoms with Crippen LogP contribution in [0.25, 0.3) is 0 Å². The third kappa shape index (κ3) is 5.36. The van der Waals surface area contributed by atoms with E-state index in [0.29, 0.717) is 12.1 Å². The van der Waals surface area contributed by atoms with Gasteiger partial charge in [0.25, 0.3) is 0 Å². The van der Waals surface area contributed by atoms with Gasteiger partial charge >= 0.3 is 0 Å². The molecule has 102 valence electrons. The number of rotatable bonds is 8. The Balaban J connectivity index is 2.32. The summed E-state index contributed by atoms with van der Waals surface area (Å²) in [7, 11) is 1.83. The zero-order chi connectivity index (χ0) is 12.7. The third-order valence-electron chi connectivity index (χ3n) is 3.58. The molecule has 1 N–H and O–H groups in total. The first kappa shape index (κ1) is 14.9. The van der Waals surface area contributed by atoms with E-state index in [4.69, 9.17) is 4.74 Å². The van der Waals surface area contributed by atoms with E-state index in [9.17, 15) is 0 Å². The van der Waals surface area contributed by atoms with Gasteiger partial charge in [0.2, 0.25) is 0 Å². The summed E-state index contributed by atoms with van der Waals surface area (Å²) in [5.41, 5.74) is 0. The van der Waals surface area contributed by atoms with Crippen LogP contribution >= 0.6 is 0 Å². The van der Waals surface area contributed by atoms with E-state index < -0.39 is 0 Å². The lowest BCUT2D eigenvalue weighted by Crippen LogP contribution is -2.42. The minimum atomic E-state index is 0.458. The normalized spacial score (nSPS) is 23.5. The molecule has 0 aliphatic carbocycles. The van der Waals surface area contributed by atoms with E-state index in [1.165, 1.54) is 25.8 Å². The fraction of sp³-hybridized carbons (Fsp3) is 1.00. The van der Waals surface area contributed by atoms with Gasteiger partial charge in [0.1, 0.15) is 0 Å². The quantitative estimate of drug-likeness (QED) is 0.705. The van der Waals surface area contributed by atoms with Crippen LogP contribution in [-0.4, -0.2) is 50.3 Å². The molecule has 17 heavy (non-hydrogen) atoms. The number of nitrogens with zero attached hydrogens (tertiary/aromatic N) is 1. The van der Waals surface area contributed by atoms with Crippen LogP contribution in [0.15, 0.2) is 0 Å². The first-order chi connectivity index (χ1) is 8.17. The summed E-state index contributed by atoms with van der Waals surface area (Å²) >= 11 is 0. The van der Waals surface area contributed by atoms with Crippen LogP contribution in [0, 0.1) is 5.92 Å². The van der Waals surface area contributed by atoms with Gasteiger partial charge in [-0.1, -0.05) is 27.2 Å². The van der Waals surface area contributed by atoms with Crippen molar-refractivity contribution in [2.24, 2.45) is 5.92 Å². The van der Waals surface area contributed by atoms with Crippen molar-refractivity contribution < 1.29 is 4.74 Å². The molecule has 0 saturated carbocycles. The van der Waals surface area contributed by atoms with Gasteiger partial charge in [-0.2, -0.15) is 0 Å². The highest BCUT2D eigenvalue weighted by molar-refractivity contribution is 4.83. The van der Waals surface area contributed by atoms with Crippen LogP contribution in [0.1, 0.15) is 40.0 Å². The fourth-order valence-corrected chi connectivity index (χ4v) is 2.56. The lowest BCUT2D eigenvalue weighted by atomic mass is 10.1. The van der Waals surface area contributed by atoms with Crippen molar-refractivity contribution in [3.8, 4) is 0 Å². The number of nitrogens with one attached hydrogen (secondary N) is 1. The molecule has 3 nitrogen and oxygen atoms in total. The first-order valence-electron chi connectivity index (χ1n) is 7.14. The summed E-state index contributed by atoms with van der Waals surface area (Å²) in [6, 6.07) is 0.693. The molecular formula is C14H30N2O. The van der Waals surface area contributed by atoms with E-state index in [2.05, 4.69) is 31.0 Å². The molecule has 1 rings (SSSR count). The van der Waals surface area contributed by atoms with Crippen LogP contribution < -0.4 is 5.32 Å². The SMILES string of the molecule is CCCC(CNCC(C)C)N1CCC(OC)C1. The molecule has 2 atom stereocenters. The lowest BCUT2D eigenvalue weighted by Gasteiger charge is -2.28. The van der Waals surface area contributed by atoms with Gasteiger partial charge < -0.3 is 10.1 Å². The van der Waals surface area contributed by atoms with E-state index in [-0.39, 0.29) is 0 Å². The molecule has 1 fully saturated rings. The molecule has 1 saturated heterocycles. The predicted molar refractivity (Wildman–Crippen MR) is 73.4 cm³/mol. The molecule has 0 aromatic carbocycles. The Morgan fingerprint density at radius 1 is 1.35 bits per heavy atom. The Hall–Kier alpha value is -0.120. The highest BCUT2D eigenvalue weighted by atomic mass is 16.5. The van der Waals surface area contributed by atoms with E-state index in [0.717, 1.165) is 25.6 Å². The molecule has 0 bridgehead atoms. The van der Waals surface area contributed by atoms with Crippen molar-refractivity contribution in [1.29, 1.82) is 0 Å². The van der Waals surface area contributed by atoms with Crippen molar-refractivity contribution in [2.75, 3.05) is 33.3 Å². The number of ether oxygens (including phenoxy) is 1. The second-order valence-electron chi connectivity index (χ2n) is 5.64. The largest absolute Gasteiger partial charge is 0.380 e. The zero-order valence-corrected chi connectivity index (χ0v) is 12.0. The van der Waals surface area contributed by atoms with Gasteiger partial charge in [-0.15, -0.1) is 0 Å². The van der Waals surface area contributed by atoms with Crippen molar-refractivity contribution in [3.63, 3.8) is 0 Å². The van der Waals surface area contributed by atoms with Crippen molar-refractivity contribution in [3.05, 3.63) is 0 Å². The highest BCUT2D eigenvalue weighted by Crippen LogP contribution is 2.17. The molecule has 0 spiro atoms. The molecule has 0 amide bonds. The minimum absolute atomic E-state index is 0.458. The standard InChI is InChI=1S/C14H30N2O/c1-5-6-13(10-15-9-12(2)3)16-8-7-14(11-16)17-4/h12-15H,5-11H2,1-4H3. The number of methoxy groups -OCH3 is 1. The predicted octanol–water partition coefficient (Wildman–Crippen LogP) is 2.12. The average Bonchev–Trinajstić information content (AvgIpc) is 2.76. The van der Waals surface area contributed by atoms with Crippen LogP contribution in [0.5, 0.6) is 0 Å². The van der Waals surface area contributed by atoms with Gasteiger partial charge in [0.15, 0.2) is 0 Å². The molecule has 1 aliphatic heterocycles. The Labute approximate surface area is 107 Å². The molecule has 1 aliphatic rings. The highest BCUT2D eigenvalue weighted by Gasteiger charge is 2.27. The second-order valence-corrected chi connectivity index (χ2v) is 5.64. The summed E-state index contributed by atoms with van der Waals surface area (Å²) in [5, 5.41) is 3.60. The van der Waals surface area contributed by atoms with Gasteiger partial charge in [0, 0.05) is 32.8 Å². The Bertz CT molecular complexity index is 197. The Kier molecular flexibility index (Phi) is 7.09. The monoisotopic (exact) mass is 242 g/mol. The average molecular weight is 242 g/mol. The maximum Gasteiger partial charge on any atom is 0.0710 e. The molecule has 1 heterocycles. The minimum Gasteiger partial charge on any atom is -0.380 e. The van der Waals surface area contributed by atoms with Gasteiger partial charge in [-0.05, 0) is 25.3 Å². The first-order valence-corrected chi connectivity index (χ1v) is 7.14. The van der Waals surface area contributed by atoms with Gasteiger partial charge in [-0.25, -0.2) is 0 Å². The van der Waals surface area contributed by atoms with Gasteiger partial charge in [-0.3, -0.25) is 4.90 Å². The zero-order valence-electron chi connectivity index (χ0n) is 12.0. The summed E-state index contributed by atoms with van der Waals surface area (Å²) in [6.45, 7) is 11.4. The summed E-state index contributed by atoms with van der Waals surface area (Å²) in [5.74, 6) is 0.738. The van der Waals surface area contributed by atoms with Crippen molar-refractivity contribution in [1.82, 2.24) is 10.2 Å². The summed E-state index contributed by atoms with van der Waals surface area (Å²) < 4.78 is 5.45. The van der Waals surface area contributed by atoms with Crippen LogP contribution in [0.2, 0.25) is 0 Å². The topological polar surface area (TPSA) is 24.5 Å². The van der Waals surface area contributed by atoms with Crippen molar-refractivity contribution >= 4 is 0 Å². The summed E-state index contributed by atoms with van der Waals surface area (Å²) in [6.07, 6.45) is 4.21. The third-order valence-corrected chi connectivity index (χ3v) is 3.58. The van der Waals surface area contributed by atoms with Crippen LogP contribution in [0.4, 0.5) is 0 Å². The summed E-state index contributed by atoms with van der Waals surface area (Å²) in [4.78, 5) is 2.60. The van der Waals surface area contributed by atoms with Gasteiger partial charge in [0.05, 0.1) is 6.10 Å². The number of hydrogen-bond donors (Lipinski definition) is 1. The Morgan fingerprint density at radius 3 is 2.65 bits per heavy atom. The molecule has 0 aromatic heterocycles. The van der Waals surface area contributed by atoms with E-state index in [1.54, 1.807) is 0 Å². The van der Waals surface area contributed by atoms with Crippen molar-refractivity contribution in [2.45, 2.75) is 52.2 Å². The lowest BCUT2D eigenvalue weighted by molar-refractivity contribution is 0.0992.